The Morgan fingerprint density at radius 1 is 0.771 bits per heavy atom. The first kappa shape index (κ1) is 34.1. The van der Waals surface area contributed by atoms with Crippen LogP contribution in [0.3, 0.4) is 0 Å². The van der Waals surface area contributed by atoms with E-state index in [0.717, 1.165) is 35.3 Å². The molecule has 0 fully saturated rings. The molecule has 1 atom stereocenters. The predicted octanol–water partition coefficient (Wildman–Crippen LogP) is 5.70. The van der Waals surface area contributed by atoms with Crippen molar-refractivity contribution in [1.29, 1.82) is 0 Å². The molecule has 2 heterocycles. The average Bonchev–Trinajstić information content (AvgIpc) is 3.54. The number of ether oxygens (including phenoxy) is 5. The van der Waals surface area contributed by atoms with Crippen LogP contribution in [0.2, 0.25) is 0 Å². The van der Waals surface area contributed by atoms with E-state index in [2.05, 4.69) is 17.1 Å². The van der Waals surface area contributed by atoms with Crippen LogP contribution >= 0.6 is 0 Å². The van der Waals surface area contributed by atoms with Crippen molar-refractivity contribution in [3.63, 3.8) is 0 Å². The lowest BCUT2D eigenvalue weighted by molar-refractivity contribution is 0.268. The monoisotopic (exact) mass is 656 g/mol. The number of aliphatic hydroxyl groups excluding tert-OH is 1. The average molecular weight is 657 g/mol. The van der Waals surface area contributed by atoms with Gasteiger partial charge in [-0.15, -0.1) is 0 Å². The van der Waals surface area contributed by atoms with Crippen LogP contribution in [0.5, 0.6) is 28.7 Å². The first-order valence-electron chi connectivity index (χ1n) is 15.8. The van der Waals surface area contributed by atoms with Gasteiger partial charge >= 0.3 is 0 Å². The molecular weight excluding hydrogens is 612 g/mol. The number of aromatic nitrogens is 4. The van der Waals surface area contributed by atoms with E-state index in [1.54, 1.807) is 35.5 Å². The third-order valence-corrected chi connectivity index (χ3v) is 8.12. The van der Waals surface area contributed by atoms with Crippen molar-refractivity contribution in [3.05, 3.63) is 83.6 Å². The second kappa shape index (κ2) is 16.1. The molecule has 5 rings (SSSR count). The van der Waals surface area contributed by atoms with Gasteiger partial charge in [-0.3, -0.25) is 4.68 Å². The molecule has 2 aromatic heterocycles. The molecule has 5 aromatic rings. The number of hydrogen-bond donors (Lipinski definition) is 2. The summed E-state index contributed by atoms with van der Waals surface area (Å²) in [4.78, 5) is 12.2. The fraction of sp³-hybridized carbons (Fsp3) is 0.361. The van der Waals surface area contributed by atoms with Crippen LogP contribution in [0.4, 0.5) is 11.8 Å². The van der Waals surface area contributed by atoms with E-state index >= 15 is 0 Å². The predicted molar refractivity (Wildman–Crippen MR) is 186 cm³/mol. The highest BCUT2D eigenvalue weighted by molar-refractivity contribution is 5.86. The van der Waals surface area contributed by atoms with Crippen LogP contribution in [0.25, 0.3) is 11.0 Å². The summed E-state index contributed by atoms with van der Waals surface area (Å²) in [6, 6.07) is 19.1. The zero-order chi connectivity index (χ0) is 34.0. The van der Waals surface area contributed by atoms with E-state index in [1.165, 1.54) is 0 Å². The first-order valence-corrected chi connectivity index (χ1v) is 15.8. The normalized spacial score (nSPS) is 11.6. The minimum atomic E-state index is -0.211. The van der Waals surface area contributed by atoms with Crippen LogP contribution in [-0.4, -0.2) is 73.1 Å². The lowest BCUT2D eigenvalue weighted by atomic mass is 10.1. The molecule has 48 heavy (non-hydrogen) atoms. The molecular formula is C36H44N6O6. The molecule has 0 unspecified atom stereocenters. The van der Waals surface area contributed by atoms with Crippen LogP contribution in [0.15, 0.2) is 66.9 Å². The molecule has 0 bridgehead atoms. The number of benzene rings is 3. The number of para-hydroxylation sites is 1. The van der Waals surface area contributed by atoms with Crippen LogP contribution in [0, 0.1) is 0 Å². The van der Waals surface area contributed by atoms with Gasteiger partial charge in [-0.05, 0) is 36.8 Å². The standard InChI is InChI=1S/C36H44N6O6/c1-7-10-27(23-43)37-35-34-30(22-42(40-34)21-24-11-8-9-12-31(24)46-4)38-36(39-35)41(19-25-13-15-28(44-2)17-32(25)47-5)20-26-14-16-29(45-3)18-33(26)48-6/h8-9,11-18,22,27,43H,7,10,19-21,23H2,1-6H3,(H,37,38,39)/t27-/m1/s1. The van der Waals surface area contributed by atoms with Crippen molar-refractivity contribution in [3.8, 4) is 28.7 Å². The molecule has 0 aliphatic heterocycles. The quantitative estimate of drug-likeness (QED) is 0.128. The number of fused-ring (bicyclic) bond motifs is 1. The minimum Gasteiger partial charge on any atom is -0.497 e. The number of nitrogens with one attached hydrogen (secondary N) is 1. The molecule has 0 aliphatic rings. The third-order valence-electron chi connectivity index (χ3n) is 8.12. The Bertz CT molecular complexity index is 1750. The van der Waals surface area contributed by atoms with Crippen molar-refractivity contribution >= 4 is 22.8 Å². The lowest BCUT2D eigenvalue weighted by Gasteiger charge is -2.26. The molecule has 0 saturated heterocycles. The van der Waals surface area contributed by atoms with Crippen molar-refractivity contribution in [2.45, 2.75) is 45.4 Å². The molecule has 2 N–H and O–H groups in total. The largest absolute Gasteiger partial charge is 0.497 e. The topological polar surface area (TPSA) is 125 Å². The van der Waals surface area contributed by atoms with E-state index in [-0.39, 0.29) is 12.6 Å². The zero-order valence-electron chi connectivity index (χ0n) is 28.4. The van der Waals surface area contributed by atoms with Crippen molar-refractivity contribution < 1.29 is 28.8 Å². The number of hydrogen-bond acceptors (Lipinski definition) is 11. The summed E-state index contributed by atoms with van der Waals surface area (Å²) < 4.78 is 29.8. The highest BCUT2D eigenvalue weighted by Crippen LogP contribution is 2.32. The summed E-state index contributed by atoms with van der Waals surface area (Å²) in [7, 11) is 8.18. The van der Waals surface area contributed by atoms with Crippen molar-refractivity contribution in [1.82, 2.24) is 19.7 Å². The maximum atomic E-state index is 10.2. The first-order chi connectivity index (χ1) is 23.4. The fourth-order valence-electron chi connectivity index (χ4n) is 5.60. The minimum absolute atomic E-state index is 0.0492. The Hall–Kier alpha value is -5.23. The summed E-state index contributed by atoms with van der Waals surface area (Å²) in [5.41, 5.74) is 4.06. The fourth-order valence-corrected chi connectivity index (χ4v) is 5.60. The van der Waals surface area contributed by atoms with Gasteiger partial charge in [0.05, 0.1) is 60.9 Å². The smallest absolute Gasteiger partial charge is 0.228 e. The van der Waals surface area contributed by atoms with Crippen molar-refractivity contribution in [2.24, 2.45) is 0 Å². The molecule has 0 radical (unpaired) electrons. The molecule has 0 spiro atoms. The third kappa shape index (κ3) is 7.83. The maximum Gasteiger partial charge on any atom is 0.228 e. The van der Waals surface area contributed by atoms with E-state index in [1.807, 2.05) is 71.5 Å². The lowest BCUT2D eigenvalue weighted by Crippen LogP contribution is -2.27. The van der Waals surface area contributed by atoms with Gasteiger partial charge in [-0.1, -0.05) is 31.5 Å². The molecule has 0 amide bonds. The highest BCUT2D eigenvalue weighted by atomic mass is 16.5. The van der Waals surface area contributed by atoms with Gasteiger partial charge in [-0.2, -0.15) is 10.1 Å². The molecule has 12 heteroatoms. The second-order valence-corrected chi connectivity index (χ2v) is 11.3. The SMILES string of the molecule is CCC[C@H](CO)Nc1nc(N(Cc2ccc(OC)cc2OC)Cc2ccc(OC)cc2OC)nc2cn(Cc3ccccc3OC)nc12. The molecule has 254 valence electrons. The Morgan fingerprint density at radius 3 is 1.96 bits per heavy atom. The van der Waals surface area contributed by atoms with Crippen molar-refractivity contribution in [2.75, 3.05) is 52.4 Å². The number of methoxy groups -OCH3 is 5. The molecule has 0 aliphatic carbocycles. The Morgan fingerprint density at radius 2 is 1.40 bits per heavy atom. The Balaban J connectivity index is 1.64. The zero-order valence-corrected chi connectivity index (χ0v) is 28.4. The number of aliphatic hydroxyl groups is 1. The van der Waals surface area contributed by atoms with Gasteiger partial charge in [0, 0.05) is 41.9 Å². The molecule has 3 aromatic carbocycles. The summed E-state index contributed by atoms with van der Waals surface area (Å²) in [6.07, 6.45) is 3.56. The van der Waals surface area contributed by atoms with E-state index in [4.69, 9.17) is 38.8 Å². The van der Waals surface area contributed by atoms with E-state index in [9.17, 15) is 5.11 Å². The summed E-state index contributed by atoms with van der Waals surface area (Å²) >= 11 is 0. The molecule has 0 saturated carbocycles. The summed E-state index contributed by atoms with van der Waals surface area (Å²) in [5, 5.41) is 18.6. The maximum absolute atomic E-state index is 10.2. The summed E-state index contributed by atoms with van der Waals surface area (Å²) in [5.74, 6) is 4.51. The van der Waals surface area contributed by atoms with Gasteiger partial charge < -0.3 is 39.0 Å². The Labute approximate surface area is 281 Å². The Kier molecular flexibility index (Phi) is 11.4. The second-order valence-electron chi connectivity index (χ2n) is 11.3. The van der Waals surface area contributed by atoms with Gasteiger partial charge in [0.1, 0.15) is 34.3 Å². The van der Waals surface area contributed by atoms with E-state index < -0.39 is 0 Å². The van der Waals surface area contributed by atoms with Crippen LogP contribution in [-0.2, 0) is 19.6 Å². The van der Waals surface area contributed by atoms with Crippen LogP contribution in [0.1, 0.15) is 36.5 Å². The molecule has 12 nitrogen and oxygen atoms in total. The summed E-state index contributed by atoms with van der Waals surface area (Å²) in [6.45, 7) is 3.32. The van der Waals surface area contributed by atoms with Gasteiger partial charge in [0.15, 0.2) is 11.3 Å². The number of nitrogens with zero attached hydrogens (tertiary/aromatic N) is 5. The van der Waals surface area contributed by atoms with E-state index in [0.29, 0.717) is 65.4 Å². The van der Waals surface area contributed by atoms with Gasteiger partial charge in [-0.25, -0.2) is 4.98 Å². The highest BCUT2D eigenvalue weighted by Gasteiger charge is 2.22. The number of rotatable bonds is 17. The van der Waals surface area contributed by atoms with Crippen LogP contribution < -0.4 is 33.9 Å². The van der Waals surface area contributed by atoms with Gasteiger partial charge in [0.25, 0.3) is 0 Å². The number of anilines is 2. The van der Waals surface area contributed by atoms with Gasteiger partial charge in [0.2, 0.25) is 5.95 Å².